The zero-order chi connectivity index (χ0) is 17.6. The van der Waals surface area contributed by atoms with Gasteiger partial charge in [-0.05, 0) is 30.5 Å². The normalized spacial score (nSPS) is 16.7. The van der Waals surface area contributed by atoms with Crippen molar-refractivity contribution >= 4 is 11.7 Å². The van der Waals surface area contributed by atoms with Gasteiger partial charge in [0.1, 0.15) is 18.0 Å². The number of aliphatic hydroxyl groups is 1. The number of hydrogen-bond donors (Lipinski definition) is 2. The van der Waals surface area contributed by atoms with E-state index in [1.165, 1.54) is 17.0 Å². The number of nitrogens with one attached hydrogen (secondary N) is 1. The van der Waals surface area contributed by atoms with Crippen LogP contribution in [0.2, 0.25) is 0 Å². The van der Waals surface area contributed by atoms with Crippen molar-refractivity contribution in [2.45, 2.75) is 25.5 Å². The Hall–Kier alpha value is -2.60. The van der Waals surface area contributed by atoms with E-state index in [2.05, 4.69) is 5.32 Å². The van der Waals surface area contributed by atoms with Gasteiger partial charge in [0.25, 0.3) is 0 Å². The van der Waals surface area contributed by atoms with Gasteiger partial charge in [-0.1, -0.05) is 36.4 Å². The second kappa shape index (κ2) is 7.98. The molecule has 2 N–H and O–H groups in total. The molecule has 1 aliphatic heterocycles. The quantitative estimate of drug-likeness (QED) is 0.874. The highest BCUT2D eigenvalue weighted by Gasteiger charge is 2.29. The number of anilines is 1. The number of amides is 2. The van der Waals surface area contributed by atoms with Crippen molar-refractivity contribution in [2.24, 2.45) is 0 Å². The van der Waals surface area contributed by atoms with Crippen molar-refractivity contribution in [2.75, 3.05) is 18.5 Å². The van der Waals surface area contributed by atoms with Crippen LogP contribution in [0, 0.1) is 5.82 Å². The van der Waals surface area contributed by atoms with Crippen molar-refractivity contribution in [3.63, 3.8) is 0 Å². The van der Waals surface area contributed by atoms with Gasteiger partial charge < -0.3 is 20.1 Å². The van der Waals surface area contributed by atoms with E-state index in [-0.39, 0.29) is 30.7 Å². The Bertz CT molecular complexity index is 724. The molecule has 0 unspecified atom stereocenters. The number of aliphatic hydroxyl groups excluding tert-OH is 1. The summed E-state index contributed by atoms with van der Waals surface area (Å²) in [5.41, 5.74) is 0.968. The molecule has 2 amide bonds. The van der Waals surface area contributed by atoms with E-state index < -0.39 is 11.8 Å². The highest BCUT2D eigenvalue weighted by atomic mass is 19.1. The number of carbonyl (C=O) groups excluding carboxylic acids is 1. The molecule has 132 valence electrons. The number of urea groups is 1. The fourth-order valence-electron chi connectivity index (χ4n) is 2.95. The number of benzene rings is 2. The van der Waals surface area contributed by atoms with Crippen LogP contribution in [0.15, 0.2) is 48.5 Å². The summed E-state index contributed by atoms with van der Waals surface area (Å²) in [5.74, 6) is -0.282. The Kier molecular flexibility index (Phi) is 5.50. The van der Waals surface area contributed by atoms with Crippen molar-refractivity contribution in [1.29, 1.82) is 0 Å². The third-order valence-electron chi connectivity index (χ3n) is 4.29. The van der Waals surface area contributed by atoms with Crippen molar-refractivity contribution in [3.05, 3.63) is 59.9 Å². The largest absolute Gasteiger partial charge is 0.487 e. The molecule has 1 fully saturated rings. The van der Waals surface area contributed by atoms with Gasteiger partial charge in [-0.25, -0.2) is 9.18 Å². The van der Waals surface area contributed by atoms with Crippen LogP contribution >= 0.6 is 0 Å². The van der Waals surface area contributed by atoms with Gasteiger partial charge >= 0.3 is 6.03 Å². The fourth-order valence-corrected chi connectivity index (χ4v) is 2.95. The molecule has 0 spiro atoms. The van der Waals surface area contributed by atoms with Gasteiger partial charge in [0.15, 0.2) is 5.82 Å². The molecule has 1 heterocycles. The van der Waals surface area contributed by atoms with Crippen LogP contribution in [0.25, 0.3) is 0 Å². The van der Waals surface area contributed by atoms with E-state index in [1.54, 1.807) is 6.07 Å². The number of carbonyl (C=O) groups is 1. The fraction of sp³-hybridized carbons (Fsp3) is 0.316. The second-order valence-electron chi connectivity index (χ2n) is 5.99. The number of ether oxygens (including phenoxy) is 1. The zero-order valence-electron chi connectivity index (χ0n) is 13.8. The monoisotopic (exact) mass is 344 g/mol. The van der Waals surface area contributed by atoms with Crippen LogP contribution in [-0.4, -0.2) is 35.2 Å². The lowest BCUT2D eigenvalue weighted by Crippen LogP contribution is -2.40. The average molecular weight is 344 g/mol. The van der Waals surface area contributed by atoms with Crippen LogP contribution in [0.3, 0.4) is 0 Å². The molecule has 2 aromatic carbocycles. The molecule has 0 radical (unpaired) electrons. The first-order chi connectivity index (χ1) is 12.2. The molecule has 1 atom stereocenters. The Morgan fingerprint density at radius 3 is 2.80 bits per heavy atom. The van der Waals surface area contributed by atoms with Gasteiger partial charge in [0, 0.05) is 6.54 Å². The molecule has 25 heavy (non-hydrogen) atoms. The molecule has 3 rings (SSSR count). The molecule has 1 aliphatic rings. The standard InChI is InChI=1S/C19H21FN2O3/c20-16-9-4-10-17(25-13-14-6-2-1-3-7-14)18(16)21-19(24)22-11-5-8-15(22)12-23/h1-4,6-7,9-10,15,23H,5,8,11-13H2,(H,21,24)/t15-/m1/s1. The second-order valence-corrected chi connectivity index (χ2v) is 5.99. The van der Waals surface area contributed by atoms with Crippen molar-refractivity contribution in [3.8, 4) is 5.75 Å². The third-order valence-corrected chi connectivity index (χ3v) is 4.29. The summed E-state index contributed by atoms with van der Waals surface area (Å²) in [6.45, 7) is 0.726. The first-order valence-electron chi connectivity index (χ1n) is 8.32. The van der Waals surface area contributed by atoms with Crippen LogP contribution in [0.1, 0.15) is 18.4 Å². The first kappa shape index (κ1) is 17.2. The summed E-state index contributed by atoms with van der Waals surface area (Å²) in [6, 6.07) is 13.3. The molecule has 1 saturated heterocycles. The topological polar surface area (TPSA) is 61.8 Å². The number of hydrogen-bond acceptors (Lipinski definition) is 3. The Morgan fingerprint density at radius 1 is 1.24 bits per heavy atom. The molecule has 0 aliphatic carbocycles. The summed E-state index contributed by atoms with van der Waals surface area (Å²) >= 11 is 0. The number of rotatable bonds is 5. The van der Waals surface area contributed by atoms with Crippen LogP contribution in [0.5, 0.6) is 5.75 Å². The van der Waals surface area contributed by atoms with E-state index in [1.807, 2.05) is 30.3 Å². The molecule has 0 saturated carbocycles. The molecular formula is C19H21FN2O3. The highest BCUT2D eigenvalue weighted by Crippen LogP contribution is 2.29. The predicted octanol–water partition coefficient (Wildman–Crippen LogP) is 3.39. The Morgan fingerprint density at radius 2 is 2.04 bits per heavy atom. The van der Waals surface area contributed by atoms with E-state index in [0.29, 0.717) is 6.54 Å². The van der Waals surface area contributed by atoms with Gasteiger partial charge in [-0.3, -0.25) is 0 Å². The lowest BCUT2D eigenvalue weighted by Gasteiger charge is -2.24. The molecule has 2 aromatic rings. The Labute approximate surface area is 146 Å². The van der Waals surface area contributed by atoms with Gasteiger partial charge in [0.2, 0.25) is 0 Å². The molecule has 5 nitrogen and oxygen atoms in total. The molecular weight excluding hydrogens is 323 g/mol. The number of nitrogens with zero attached hydrogens (tertiary/aromatic N) is 1. The van der Waals surface area contributed by atoms with Crippen LogP contribution < -0.4 is 10.1 Å². The van der Waals surface area contributed by atoms with Crippen LogP contribution in [0.4, 0.5) is 14.9 Å². The smallest absolute Gasteiger partial charge is 0.322 e. The summed E-state index contributed by atoms with van der Waals surface area (Å²) < 4.78 is 19.9. The highest BCUT2D eigenvalue weighted by molar-refractivity contribution is 5.91. The van der Waals surface area contributed by atoms with Gasteiger partial charge in [-0.2, -0.15) is 0 Å². The number of likely N-dealkylation sites (tertiary alicyclic amines) is 1. The molecule has 6 heteroatoms. The van der Waals surface area contributed by atoms with Crippen molar-refractivity contribution < 1.29 is 19.0 Å². The zero-order valence-corrected chi connectivity index (χ0v) is 13.8. The first-order valence-corrected chi connectivity index (χ1v) is 8.32. The van der Waals surface area contributed by atoms with E-state index in [9.17, 15) is 14.3 Å². The minimum Gasteiger partial charge on any atom is -0.487 e. The maximum Gasteiger partial charge on any atom is 0.322 e. The summed E-state index contributed by atoms with van der Waals surface area (Å²) in [4.78, 5) is 14.0. The van der Waals surface area contributed by atoms with Crippen LogP contribution in [-0.2, 0) is 6.61 Å². The number of para-hydroxylation sites is 1. The summed E-state index contributed by atoms with van der Waals surface area (Å²) in [7, 11) is 0. The molecule has 0 bridgehead atoms. The van der Waals surface area contributed by atoms with E-state index in [4.69, 9.17) is 4.74 Å². The lowest BCUT2D eigenvalue weighted by atomic mass is 10.2. The van der Waals surface area contributed by atoms with E-state index >= 15 is 0 Å². The molecule has 0 aromatic heterocycles. The summed E-state index contributed by atoms with van der Waals surface area (Å²) in [6.07, 6.45) is 1.58. The maximum absolute atomic E-state index is 14.2. The van der Waals surface area contributed by atoms with Crippen molar-refractivity contribution in [1.82, 2.24) is 4.90 Å². The SMILES string of the molecule is O=C(Nc1c(F)cccc1OCc1ccccc1)N1CCC[C@@H]1CO. The third kappa shape index (κ3) is 4.09. The lowest BCUT2D eigenvalue weighted by molar-refractivity contribution is 0.166. The minimum atomic E-state index is -0.557. The van der Waals surface area contributed by atoms with Gasteiger partial charge in [0.05, 0.1) is 12.6 Å². The minimum absolute atomic E-state index is 0.0204. The number of halogens is 1. The maximum atomic E-state index is 14.2. The van der Waals surface area contributed by atoms with E-state index in [0.717, 1.165) is 18.4 Å². The average Bonchev–Trinajstić information content (AvgIpc) is 3.12. The Balaban J connectivity index is 1.73. The predicted molar refractivity (Wildman–Crippen MR) is 93.0 cm³/mol. The summed E-state index contributed by atoms with van der Waals surface area (Å²) in [5, 5.41) is 11.9. The van der Waals surface area contributed by atoms with Gasteiger partial charge in [-0.15, -0.1) is 0 Å².